The highest BCUT2D eigenvalue weighted by Gasteiger charge is 2.50. The molecule has 2 aliphatic carbocycles. The molecule has 2 aliphatic rings. The second kappa shape index (κ2) is 6.49. The lowest BCUT2D eigenvalue weighted by Crippen LogP contribution is -2.38. The van der Waals surface area contributed by atoms with Crippen molar-refractivity contribution in [3.63, 3.8) is 0 Å². The van der Waals surface area contributed by atoms with E-state index in [1.54, 1.807) is 0 Å². The molecule has 22 heavy (non-hydrogen) atoms. The number of allylic oxidation sites excluding steroid dienone is 2. The fourth-order valence-corrected chi connectivity index (χ4v) is 4.75. The van der Waals surface area contributed by atoms with Gasteiger partial charge < -0.3 is 10.2 Å². The second-order valence-corrected chi connectivity index (χ2v) is 8.57. The van der Waals surface area contributed by atoms with Crippen LogP contribution in [0.2, 0.25) is 0 Å². The summed E-state index contributed by atoms with van der Waals surface area (Å²) in [6.07, 6.45) is 8.94. The predicted octanol–water partition coefficient (Wildman–Crippen LogP) is 4.62. The van der Waals surface area contributed by atoms with Gasteiger partial charge in [0.25, 0.3) is 0 Å². The molecule has 0 saturated heterocycles. The highest BCUT2D eigenvalue weighted by Crippen LogP contribution is 2.55. The average Bonchev–Trinajstić information content (AvgIpc) is 2.71. The van der Waals surface area contributed by atoms with Crippen molar-refractivity contribution in [2.75, 3.05) is 0 Å². The molecule has 0 aromatic heterocycles. The van der Waals surface area contributed by atoms with Crippen molar-refractivity contribution < 1.29 is 10.2 Å². The minimum absolute atomic E-state index is 0.109. The Labute approximate surface area is 136 Å². The van der Waals surface area contributed by atoms with Gasteiger partial charge in [0.2, 0.25) is 0 Å². The topological polar surface area (TPSA) is 40.5 Å². The first kappa shape index (κ1) is 17.7. The van der Waals surface area contributed by atoms with Gasteiger partial charge in [-0.1, -0.05) is 25.2 Å². The SMILES string of the molecule is C=C1CCC=C(C)CCC2C(C(C)(C)O)CCC2(C)CC1O. The van der Waals surface area contributed by atoms with Crippen LogP contribution in [0.1, 0.15) is 72.6 Å². The first-order valence-corrected chi connectivity index (χ1v) is 8.87. The van der Waals surface area contributed by atoms with E-state index in [1.807, 2.05) is 13.8 Å². The highest BCUT2D eigenvalue weighted by atomic mass is 16.3. The van der Waals surface area contributed by atoms with E-state index >= 15 is 0 Å². The molecule has 4 atom stereocenters. The van der Waals surface area contributed by atoms with Gasteiger partial charge in [0, 0.05) is 0 Å². The van der Waals surface area contributed by atoms with E-state index in [0.717, 1.165) is 50.5 Å². The minimum atomic E-state index is -0.637. The third kappa shape index (κ3) is 3.83. The van der Waals surface area contributed by atoms with E-state index < -0.39 is 11.7 Å². The van der Waals surface area contributed by atoms with Crippen LogP contribution in [-0.4, -0.2) is 21.9 Å². The normalized spacial score (nSPS) is 38.2. The van der Waals surface area contributed by atoms with Gasteiger partial charge in [0.15, 0.2) is 0 Å². The lowest BCUT2D eigenvalue weighted by Gasteiger charge is -2.40. The molecule has 2 N–H and O–H groups in total. The Bertz CT molecular complexity index is 443. The van der Waals surface area contributed by atoms with Gasteiger partial charge in [-0.05, 0) is 88.5 Å². The summed E-state index contributed by atoms with van der Waals surface area (Å²) in [5.74, 6) is 0.794. The van der Waals surface area contributed by atoms with Crippen molar-refractivity contribution in [1.29, 1.82) is 0 Å². The number of hydrogen-bond donors (Lipinski definition) is 2. The summed E-state index contributed by atoms with van der Waals surface area (Å²) in [6, 6.07) is 0. The van der Waals surface area contributed by atoms with Gasteiger partial charge in [-0.15, -0.1) is 0 Å². The second-order valence-electron chi connectivity index (χ2n) is 8.57. The molecule has 0 aromatic carbocycles. The van der Waals surface area contributed by atoms with Crippen molar-refractivity contribution in [2.45, 2.75) is 84.3 Å². The molecule has 0 aromatic rings. The van der Waals surface area contributed by atoms with Crippen LogP contribution in [0.4, 0.5) is 0 Å². The van der Waals surface area contributed by atoms with Crippen LogP contribution in [-0.2, 0) is 0 Å². The van der Waals surface area contributed by atoms with Crippen LogP contribution in [0, 0.1) is 17.3 Å². The maximum absolute atomic E-state index is 10.6. The molecular formula is C20H34O2. The number of rotatable bonds is 1. The smallest absolute Gasteiger partial charge is 0.0752 e. The third-order valence-corrected chi connectivity index (χ3v) is 6.25. The number of aliphatic hydroxyl groups excluding tert-OH is 1. The van der Waals surface area contributed by atoms with E-state index in [-0.39, 0.29) is 5.41 Å². The quantitative estimate of drug-likeness (QED) is 0.694. The molecule has 126 valence electrons. The van der Waals surface area contributed by atoms with Gasteiger partial charge in [-0.25, -0.2) is 0 Å². The van der Waals surface area contributed by atoms with E-state index in [9.17, 15) is 10.2 Å². The van der Waals surface area contributed by atoms with Crippen molar-refractivity contribution in [2.24, 2.45) is 17.3 Å². The molecular weight excluding hydrogens is 272 g/mol. The number of aliphatic hydroxyl groups is 2. The lowest BCUT2D eigenvalue weighted by molar-refractivity contribution is -0.0226. The van der Waals surface area contributed by atoms with Crippen LogP contribution in [0.15, 0.2) is 23.8 Å². The average molecular weight is 306 g/mol. The van der Waals surface area contributed by atoms with E-state index in [2.05, 4.69) is 26.5 Å². The van der Waals surface area contributed by atoms with Gasteiger partial charge in [-0.2, -0.15) is 0 Å². The third-order valence-electron chi connectivity index (χ3n) is 6.25. The van der Waals surface area contributed by atoms with E-state index in [0.29, 0.717) is 11.8 Å². The fraction of sp³-hybridized carbons (Fsp3) is 0.800. The highest BCUT2D eigenvalue weighted by molar-refractivity contribution is 5.11. The summed E-state index contributed by atoms with van der Waals surface area (Å²) in [5.41, 5.74) is 1.88. The lowest BCUT2D eigenvalue weighted by atomic mass is 9.67. The molecule has 0 aliphatic heterocycles. The Balaban J connectivity index is 2.30. The molecule has 2 rings (SSSR count). The Hall–Kier alpha value is -0.600. The van der Waals surface area contributed by atoms with Crippen molar-refractivity contribution in [1.82, 2.24) is 0 Å². The molecule has 0 spiro atoms. The van der Waals surface area contributed by atoms with Crippen LogP contribution in [0.25, 0.3) is 0 Å². The molecule has 1 saturated carbocycles. The largest absolute Gasteiger partial charge is 0.390 e. The summed E-state index contributed by atoms with van der Waals surface area (Å²) < 4.78 is 0. The van der Waals surface area contributed by atoms with Crippen molar-refractivity contribution >= 4 is 0 Å². The number of fused-ring (bicyclic) bond motifs is 1. The Morgan fingerprint density at radius 1 is 1.27 bits per heavy atom. The number of hydrogen-bond acceptors (Lipinski definition) is 2. The minimum Gasteiger partial charge on any atom is -0.390 e. The van der Waals surface area contributed by atoms with E-state index in [1.165, 1.54) is 5.57 Å². The van der Waals surface area contributed by atoms with Crippen molar-refractivity contribution in [3.8, 4) is 0 Å². The summed E-state index contributed by atoms with van der Waals surface area (Å²) >= 11 is 0. The summed E-state index contributed by atoms with van der Waals surface area (Å²) in [7, 11) is 0. The molecule has 0 heterocycles. The molecule has 0 amide bonds. The summed E-state index contributed by atoms with van der Waals surface area (Å²) in [4.78, 5) is 0. The molecule has 2 heteroatoms. The summed E-state index contributed by atoms with van der Waals surface area (Å²) in [6.45, 7) is 12.5. The van der Waals surface area contributed by atoms with Gasteiger partial charge in [-0.3, -0.25) is 0 Å². The molecule has 4 unspecified atom stereocenters. The van der Waals surface area contributed by atoms with Crippen LogP contribution in [0.5, 0.6) is 0 Å². The Morgan fingerprint density at radius 2 is 1.95 bits per heavy atom. The molecule has 1 fully saturated rings. The van der Waals surface area contributed by atoms with Gasteiger partial charge >= 0.3 is 0 Å². The first-order chi connectivity index (χ1) is 10.1. The maximum atomic E-state index is 10.6. The van der Waals surface area contributed by atoms with Crippen LogP contribution in [0.3, 0.4) is 0 Å². The Morgan fingerprint density at radius 3 is 2.59 bits per heavy atom. The molecule has 0 bridgehead atoms. The van der Waals surface area contributed by atoms with Crippen molar-refractivity contribution in [3.05, 3.63) is 23.8 Å². The van der Waals surface area contributed by atoms with Crippen LogP contribution < -0.4 is 0 Å². The standard InChI is InChI=1S/C20H34O2/c1-14-7-6-8-15(2)18(21)13-20(5)12-11-16(19(3,4)22)17(20)10-9-14/h7,16-18,21-22H,2,6,8-13H2,1,3-5H3. The monoisotopic (exact) mass is 306 g/mol. The predicted molar refractivity (Wildman–Crippen MR) is 92.6 cm³/mol. The van der Waals surface area contributed by atoms with E-state index in [4.69, 9.17) is 0 Å². The zero-order valence-electron chi connectivity index (χ0n) is 14.9. The van der Waals surface area contributed by atoms with Gasteiger partial charge in [0.05, 0.1) is 11.7 Å². The Kier molecular flexibility index (Phi) is 5.23. The van der Waals surface area contributed by atoms with Crippen LogP contribution >= 0.6 is 0 Å². The zero-order valence-corrected chi connectivity index (χ0v) is 14.9. The molecule has 0 radical (unpaired) electrons. The fourth-order valence-electron chi connectivity index (χ4n) is 4.75. The molecule has 2 nitrogen and oxygen atoms in total. The zero-order chi connectivity index (χ0) is 16.5. The first-order valence-electron chi connectivity index (χ1n) is 8.87. The summed E-state index contributed by atoms with van der Waals surface area (Å²) in [5, 5.41) is 21.2. The maximum Gasteiger partial charge on any atom is 0.0752 e. The van der Waals surface area contributed by atoms with Gasteiger partial charge in [0.1, 0.15) is 0 Å².